The Balaban J connectivity index is 1.37. The van der Waals surface area contributed by atoms with Gasteiger partial charge in [0, 0.05) is 42.3 Å². The molecule has 1 aromatic heterocycles. The monoisotopic (exact) mass is 553 g/mol. The molecule has 8 rings (SSSR count). The van der Waals surface area contributed by atoms with Gasteiger partial charge in [0.1, 0.15) is 0 Å². The summed E-state index contributed by atoms with van der Waals surface area (Å²) in [5.41, 5.74) is 8.37. The van der Waals surface area contributed by atoms with Crippen molar-refractivity contribution in [2.75, 3.05) is 4.90 Å². The lowest BCUT2D eigenvalue weighted by Gasteiger charge is -2.27. The van der Waals surface area contributed by atoms with Gasteiger partial charge in [-0.3, -0.25) is 0 Å². The van der Waals surface area contributed by atoms with Crippen molar-refractivity contribution in [2.24, 2.45) is 0 Å². The van der Waals surface area contributed by atoms with E-state index in [1.54, 1.807) is 0 Å². The maximum atomic E-state index is 2.41. The third kappa shape index (κ3) is 4.25. The first-order valence-electron chi connectivity index (χ1n) is 14.3. The van der Waals surface area contributed by atoms with Gasteiger partial charge in [-0.2, -0.15) is 0 Å². The molecule has 42 heavy (non-hydrogen) atoms. The molecule has 0 aliphatic carbocycles. The van der Waals surface area contributed by atoms with E-state index in [9.17, 15) is 0 Å². The first-order valence-corrected chi connectivity index (χ1v) is 15.1. The Morgan fingerprint density at radius 2 is 0.881 bits per heavy atom. The number of nitrogens with zero attached hydrogens (tertiary/aromatic N) is 1. The van der Waals surface area contributed by atoms with Gasteiger partial charge in [-0.25, -0.2) is 0 Å². The molecule has 1 nitrogen and oxygen atoms in total. The van der Waals surface area contributed by atoms with E-state index in [2.05, 4.69) is 169 Å². The lowest BCUT2D eigenvalue weighted by atomic mass is 9.99. The van der Waals surface area contributed by atoms with E-state index in [1.165, 1.54) is 58.9 Å². The number of anilines is 3. The molecular formula is C40H27NS. The predicted molar refractivity (Wildman–Crippen MR) is 182 cm³/mol. The standard InChI is InChI=1S/C40H27NS/c1-4-12-28(13-5-1)30-20-23-33(24-21-30)41(32-16-8-3-9-17-32)38-27-37-36-26-31(29-14-6-2-7-15-29)22-25-39(36)42-40(37)35-19-11-10-18-34(35)38/h1-27H. The molecule has 0 amide bonds. The van der Waals surface area contributed by atoms with Crippen molar-refractivity contribution in [1.82, 2.24) is 0 Å². The van der Waals surface area contributed by atoms with Crippen LogP contribution in [0.5, 0.6) is 0 Å². The Hall–Kier alpha value is -5.18. The Morgan fingerprint density at radius 3 is 1.57 bits per heavy atom. The Bertz CT molecular complexity index is 2160. The first kappa shape index (κ1) is 24.6. The Kier molecular flexibility index (Phi) is 6.05. The van der Waals surface area contributed by atoms with Crippen LogP contribution >= 0.6 is 11.3 Å². The van der Waals surface area contributed by atoms with Crippen molar-refractivity contribution in [3.8, 4) is 22.3 Å². The molecule has 2 heteroatoms. The van der Waals surface area contributed by atoms with Crippen LogP contribution in [0, 0.1) is 0 Å². The number of para-hydroxylation sites is 1. The topological polar surface area (TPSA) is 3.24 Å². The molecule has 0 spiro atoms. The summed E-state index contributed by atoms with van der Waals surface area (Å²) in [6, 6.07) is 59.1. The van der Waals surface area contributed by atoms with Crippen LogP contribution in [-0.2, 0) is 0 Å². The average Bonchev–Trinajstić information content (AvgIpc) is 3.45. The quantitative estimate of drug-likeness (QED) is 0.205. The molecule has 0 saturated carbocycles. The highest BCUT2D eigenvalue weighted by Gasteiger charge is 2.19. The summed E-state index contributed by atoms with van der Waals surface area (Å²) in [7, 11) is 0. The van der Waals surface area contributed by atoms with Crippen LogP contribution in [0.1, 0.15) is 0 Å². The molecule has 198 valence electrons. The molecule has 0 saturated heterocycles. The second-order valence-corrected chi connectivity index (χ2v) is 11.6. The van der Waals surface area contributed by atoms with Gasteiger partial charge in [-0.15, -0.1) is 11.3 Å². The number of fused-ring (bicyclic) bond motifs is 5. The summed E-state index contributed by atoms with van der Waals surface area (Å²) in [6.07, 6.45) is 0. The van der Waals surface area contributed by atoms with Gasteiger partial charge in [0.15, 0.2) is 0 Å². The predicted octanol–water partition coefficient (Wildman–Crippen LogP) is 12.0. The lowest BCUT2D eigenvalue weighted by Crippen LogP contribution is -2.10. The van der Waals surface area contributed by atoms with Gasteiger partial charge in [0.05, 0.1) is 5.69 Å². The van der Waals surface area contributed by atoms with Gasteiger partial charge in [-0.05, 0) is 64.7 Å². The smallest absolute Gasteiger partial charge is 0.0547 e. The summed E-state index contributed by atoms with van der Waals surface area (Å²) in [6.45, 7) is 0. The minimum absolute atomic E-state index is 1.13. The highest BCUT2D eigenvalue weighted by atomic mass is 32.1. The first-order chi connectivity index (χ1) is 20.8. The van der Waals surface area contributed by atoms with Crippen LogP contribution in [0.3, 0.4) is 0 Å². The summed E-state index contributed by atoms with van der Waals surface area (Å²) in [5.74, 6) is 0. The van der Waals surface area contributed by atoms with E-state index in [1.807, 2.05) is 11.3 Å². The van der Waals surface area contributed by atoms with Crippen molar-refractivity contribution in [2.45, 2.75) is 0 Å². The fourth-order valence-corrected chi connectivity index (χ4v) is 7.21. The van der Waals surface area contributed by atoms with E-state index in [-0.39, 0.29) is 0 Å². The van der Waals surface area contributed by atoms with E-state index < -0.39 is 0 Å². The van der Waals surface area contributed by atoms with Crippen LogP contribution in [0.4, 0.5) is 17.1 Å². The fourth-order valence-electron chi connectivity index (χ4n) is 6.01. The highest BCUT2D eigenvalue weighted by molar-refractivity contribution is 7.26. The molecule has 8 aromatic rings. The molecule has 1 heterocycles. The molecule has 0 aliphatic heterocycles. The van der Waals surface area contributed by atoms with Gasteiger partial charge in [-0.1, -0.05) is 121 Å². The summed E-state index contributed by atoms with van der Waals surface area (Å²) < 4.78 is 2.65. The van der Waals surface area contributed by atoms with Crippen LogP contribution in [-0.4, -0.2) is 0 Å². The van der Waals surface area contributed by atoms with Crippen molar-refractivity contribution in [3.05, 3.63) is 164 Å². The van der Waals surface area contributed by atoms with E-state index in [4.69, 9.17) is 0 Å². The van der Waals surface area contributed by atoms with Crippen molar-refractivity contribution < 1.29 is 0 Å². The molecule has 7 aromatic carbocycles. The third-order valence-corrected chi connectivity index (χ3v) is 9.27. The summed E-state index contributed by atoms with van der Waals surface area (Å²) in [4.78, 5) is 2.40. The van der Waals surface area contributed by atoms with Crippen molar-refractivity contribution in [1.29, 1.82) is 0 Å². The number of hydrogen-bond donors (Lipinski definition) is 0. The molecule has 0 N–H and O–H groups in total. The van der Waals surface area contributed by atoms with Gasteiger partial charge < -0.3 is 4.90 Å². The van der Waals surface area contributed by atoms with Crippen molar-refractivity contribution >= 4 is 59.3 Å². The molecule has 0 radical (unpaired) electrons. The van der Waals surface area contributed by atoms with Crippen LogP contribution in [0.2, 0.25) is 0 Å². The summed E-state index contributed by atoms with van der Waals surface area (Å²) >= 11 is 1.89. The minimum atomic E-state index is 1.13. The molecular weight excluding hydrogens is 527 g/mol. The number of rotatable bonds is 5. The molecule has 0 unspecified atom stereocenters. The third-order valence-electron chi connectivity index (χ3n) is 8.05. The lowest BCUT2D eigenvalue weighted by molar-refractivity contribution is 1.30. The second-order valence-electron chi connectivity index (χ2n) is 10.6. The zero-order chi connectivity index (χ0) is 27.9. The average molecular weight is 554 g/mol. The minimum Gasteiger partial charge on any atom is -0.310 e. The normalized spacial score (nSPS) is 11.3. The van der Waals surface area contributed by atoms with E-state index in [0.717, 1.165) is 11.4 Å². The van der Waals surface area contributed by atoms with Gasteiger partial charge in [0.25, 0.3) is 0 Å². The van der Waals surface area contributed by atoms with E-state index in [0.29, 0.717) is 0 Å². The largest absolute Gasteiger partial charge is 0.310 e. The SMILES string of the molecule is c1ccc(-c2ccc(N(c3ccccc3)c3cc4c5cc(-c6ccccc6)ccc5sc4c4ccccc34)cc2)cc1. The van der Waals surface area contributed by atoms with Crippen LogP contribution in [0.25, 0.3) is 53.2 Å². The maximum Gasteiger partial charge on any atom is 0.0547 e. The molecule has 0 atom stereocenters. The highest BCUT2D eigenvalue weighted by Crippen LogP contribution is 2.47. The van der Waals surface area contributed by atoms with E-state index >= 15 is 0 Å². The summed E-state index contributed by atoms with van der Waals surface area (Å²) in [5, 5.41) is 5.13. The van der Waals surface area contributed by atoms with Crippen LogP contribution < -0.4 is 4.90 Å². The maximum absolute atomic E-state index is 2.41. The van der Waals surface area contributed by atoms with Gasteiger partial charge >= 0.3 is 0 Å². The Labute approximate surface area is 249 Å². The number of thiophene rings is 1. The fraction of sp³-hybridized carbons (Fsp3) is 0. The zero-order valence-electron chi connectivity index (χ0n) is 22.9. The van der Waals surface area contributed by atoms with Crippen molar-refractivity contribution in [3.63, 3.8) is 0 Å². The zero-order valence-corrected chi connectivity index (χ0v) is 23.8. The second kappa shape index (κ2) is 10.3. The molecule has 0 aliphatic rings. The molecule has 0 fully saturated rings. The van der Waals surface area contributed by atoms with Crippen LogP contribution in [0.15, 0.2) is 164 Å². The Morgan fingerprint density at radius 1 is 0.357 bits per heavy atom. The molecule has 0 bridgehead atoms. The van der Waals surface area contributed by atoms with Gasteiger partial charge in [0.2, 0.25) is 0 Å². The number of hydrogen-bond acceptors (Lipinski definition) is 2. The number of benzene rings is 7.